The molecule has 33 heavy (non-hydrogen) atoms. The summed E-state index contributed by atoms with van der Waals surface area (Å²) in [6.45, 7) is 2.50. The summed E-state index contributed by atoms with van der Waals surface area (Å²) in [6.07, 6.45) is 5.38. The highest BCUT2D eigenvalue weighted by atomic mass is 32.2. The monoisotopic (exact) mass is 476 g/mol. The Kier molecular flexibility index (Phi) is 8.38. The number of hydrogen-bond acceptors (Lipinski definition) is 6. The Morgan fingerprint density at radius 3 is 2.36 bits per heavy atom. The molecule has 0 spiro atoms. The largest absolute Gasteiger partial charge is 0.481 e. The summed E-state index contributed by atoms with van der Waals surface area (Å²) in [6, 6.07) is 5.98. The molecule has 8 nitrogen and oxygen atoms in total. The van der Waals surface area contributed by atoms with Gasteiger partial charge in [-0.05, 0) is 56.9 Å². The lowest BCUT2D eigenvalue weighted by Gasteiger charge is -2.41. The zero-order chi connectivity index (χ0) is 23.9. The van der Waals surface area contributed by atoms with Crippen LogP contribution < -0.4 is 10.2 Å². The lowest BCUT2D eigenvalue weighted by Crippen LogP contribution is -2.53. The van der Waals surface area contributed by atoms with E-state index in [0.717, 1.165) is 32.1 Å². The van der Waals surface area contributed by atoms with E-state index in [-0.39, 0.29) is 36.2 Å². The molecule has 2 aliphatic rings. The predicted octanol–water partition coefficient (Wildman–Crippen LogP) is 2.56. The summed E-state index contributed by atoms with van der Waals surface area (Å²) in [5, 5.41) is 9.34. The molecule has 1 aliphatic heterocycles. The fourth-order valence-electron chi connectivity index (χ4n) is 4.70. The third kappa shape index (κ3) is 6.06. The van der Waals surface area contributed by atoms with Crippen LogP contribution in [0.25, 0.3) is 0 Å². The van der Waals surface area contributed by atoms with E-state index < -0.39 is 26.9 Å². The first kappa shape index (κ1) is 25.1. The SMILES string of the molecule is CC#CCOc1ccc(S(=O)(=O)CC2(C(=O)NO)CCN(C(=O)C3CCCCC3)CC2)cc1. The number of benzene rings is 1. The Morgan fingerprint density at radius 2 is 1.79 bits per heavy atom. The van der Waals surface area contributed by atoms with E-state index in [4.69, 9.17) is 4.74 Å². The highest BCUT2D eigenvalue weighted by Crippen LogP contribution is 2.37. The molecule has 0 radical (unpaired) electrons. The first-order valence-electron chi connectivity index (χ1n) is 11.4. The van der Waals surface area contributed by atoms with Gasteiger partial charge in [0.25, 0.3) is 5.91 Å². The average Bonchev–Trinajstić information content (AvgIpc) is 2.84. The van der Waals surface area contributed by atoms with Crippen molar-refractivity contribution in [3.05, 3.63) is 24.3 Å². The number of hydroxylamine groups is 1. The van der Waals surface area contributed by atoms with E-state index in [1.54, 1.807) is 29.4 Å². The first-order valence-corrected chi connectivity index (χ1v) is 13.0. The molecule has 2 amide bonds. The molecule has 1 saturated heterocycles. The molecule has 2 fully saturated rings. The van der Waals surface area contributed by atoms with Crippen LogP contribution in [0.2, 0.25) is 0 Å². The zero-order valence-corrected chi connectivity index (χ0v) is 19.8. The van der Waals surface area contributed by atoms with E-state index in [2.05, 4.69) is 11.8 Å². The van der Waals surface area contributed by atoms with Crippen LogP contribution in [-0.4, -0.2) is 55.8 Å². The van der Waals surface area contributed by atoms with Gasteiger partial charge in [0, 0.05) is 19.0 Å². The Balaban J connectivity index is 1.70. The van der Waals surface area contributed by atoms with Crippen LogP contribution >= 0.6 is 0 Å². The number of hydrogen-bond donors (Lipinski definition) is 2. The standard InChI is InChI=1S/C24H32N2O6S/c1-2-3-17-32-20-9-11-21(12-10-20)33(30,31)18-24(23(28)25-29)13-15-26(16-14-24)22(27)19-7-5-4-6-8-19/h9-12,19,29H,4-8,13-18H2,1H3,(H,25,28). The van der Waals surface area contributed by atoms with Gasteiger partial charge in [-0.3, -0.25) is 14.8 Å². The van der Waals surface area contributed by atoms with Gasteiger partial charge in [0.2, 0.25) is 5.91 Å². The number of sulfone groups is 1. The van der Waals surface area contributed by atoms with Crippen molar-refractivity contribution in [3.8, 4) is 17.6 Å². The van der Waals surface area contributed by atoms with Crippen LogP contribution in [0.4, 0.5) is 0 Å². The fraction of sp³-hybridized carbons (Fsp3) is 0.583. The maximum absolute atomic E-state index is 13.2. The maximum atomic E-state index is 13.2. The Morgan fingerprint density at radius 1 is 1.15 bits per heavy atom. The zero-order valence-electron chi connectivity index (χ0n) is 19.0. The molecular weight excluding hydrogens is 444 g/mol. The minimum Gasteiger partial charge on any atom is -0.481 e. The molecule has 0 bridgehead atoms. The van der Waals surface area contributed by atoms with Crippen LogP contribution in [0, 0.1) is 23.2 Å². The second-order valence-electron chi connectivity index (χ2n) is 8.83. The lowest BCUT2D eigenvalue weighted by molar-refractivity contribution is -0.146. The Labute approximate surface area is 195 Å². The van der Waals surface area contributed by atoms with E-state index in [9.17, 15) is 23.2 Å². The predicted molar refractivity (Wildman–Crippen MR) is 122 cm³/mol. The van der Waals surface area contributed by atoms with Crippen LogP contribution in [0.3, 0.4) is 0 Å². The van der Waals surface area contributed by atoms with E-state index in [1.165, 1.54) is 12.1 Å². The molecule has 1 aromatic carbocycles. The summed E-state index contributed by atoms with van der Waals surface area (Å²) in [5.74, 6) is 4.92. The van der Waals surface area contributed by atoms with Crippen LogP contribution in [0.5, 0.6) is 5.75 Å². The number of amides is 2. The molecule has 180 valence electrons. The summed E-state index contributed by atoms with van der Waals surface area (Å²) >= 11 is 0. The van der Waals surface area contributed by atoms with Crippen LogP contribution in [-0.2, 0) is 19.4 Å². The van der Waals surface area contributed by atoms with Crippen molar-refractivity contribution >= 4 is 21.7 Å². The van der Waals surface area contributed by atoms with Crippen molar-refractivity contribution in [2.75, 3.05) is 25.4 Å². The third-order valence-corrected chi connectivity index (χ3v) is 8.63. The van der Waals surface area contributed by atoms with Gasteiger partial charge < -0.3 is 9.64 Å². The maximum Gasteiger partial charge on any atom is 0.250 e. The molecule has 1 heterocycles. The van der Waals surface area contributed by atoms with Crippen molar-refractivity contribution in [2.45, 2.75) is 56.8 Å². The van der Waals surface area contributed by atoms with Crippen molar-refractivity contribution < 1.29 is 28.0 Å². The Bertz CT molecular complexity index is 996. The molecular formula is C24H32N2O6S. The fourth-order valence-corrected chi connectivity index (χ4v) is 6.56. The molecule has 1 aliphatic carbocycles. The number of rotatable bonds is 7. The molecule has 3 rings (SSSR count). The molecule has 2 N–H and O–H groups in total. The van der Waals surface area contributed by atoms with Crippen molar-refractivity contribution in [1.29, 1.82) is 0 Å². The minimum absolute atomic E-state index is 0.0192. The summed E-state index contributed by atoms with van der Waals surface area (Å²) < 4.78 is 31.7. The molecule has 1 aromatic rings. The summed E-state index contributed by atoms with van der Waals surface area (Å²) in [7, 11) is -3.83. The summed E-state index contributed by atoms with van der Waals surface area (Å²) in [4.78, 5) is 27.3. The van der Waals surface area contributed by atoms with E-state index in [1.807, 2.05) is 0 Å². The molecule has 0 aromatic heterocycles. The van der Waals surface area contributed by atoms with Gasteiger partial charge in [-0.1, -0.05) is 25.2 Å². The van der Waals surface area contributed by atoms with Gasteiger partial charge in [-0.25, -0.2) is 13.9 Å². The van der Waals surface area contributed by atoms with Crippen LogP contribution in [0.15, 0.2) is 29.2 Å². The second kappa shape index (κ2) is 11.0. The van der Waals surface area contributed by atoms with E-state index in [0.29, 0.717) is 18.8 Å². The van der Waals surface area contributed by atoms with Gasteiger partial charge in [-0.2, -0.15) is 0 Å². The average molecular weight is 477 g/mol. The normalized spacial score (nSPS) is 18.7. The number of nitrogens with one attached hydrogen (secondary N) is 1. The molecule has 9 heteroatoms. The van der Waals surface area contributed by atoms with Gasteiger partial charge in [0.1, 0.15) is 12.4 Å². The highest BCUT2D eigenvalue weighted by molar-refractivity contribution is 7.91. The number of nitrogens with zero attached hydrogens (tertiary/aromatic N) is 1. The molecule has 0 atom stereocenters. The number of carbonyl (C=O) groups excluding carboxylic acids is 2. The Hall–Kier alpha value is -2.57. The van der Waals surface area contributed by atoms with Gasteiger partial charge in [0.05, 0.1) is 16.1 Å². The van der Waals surface area contributed by atoms with Crippen LogP contribution in [0.1, 0.15) is 51.9 Å². The molecule has 0 unspecified atom stereocenters. The van der Waals surface area contributed by atoms with E-state index >= 15 is 0 Å². The first-order chi connectivity index (χ1) is 15.8. The lowest BCUT2D eigenvalue weighted by atomic mass is 9.78. The molecule has 1 saturated carbocycles. The quantitative estimate of drug-likeness (QED) is 0.355. The highest BCUT2D eigenvalue weighted by Gasteiger charge is 2.46. The number of ether oxygens (including phenoxy) is 1. The third-order valence-electron chi connectivity index (χ3n) is 6.71. The smallest absolute Gasteiger partial charge is 0.250 e. The van der Waals surface area contributed by atoms with Gasteiger partial charge in [0.15, 0.2) is 9.84 Å². The van der Waals surface area contributed by atoms with Crippen molar-refractivity contribution in [3.63, 3.8) is 0 Å². The van der Waals surface area contributed by atoms with Crippen molar-refractivity contribution in [2.24, 2.45) is 11.3 Å². The number of piperidine rings is 1. The summed E-state index contributed by atoms with van der Waals surface area (Å²) in [5.41, 5.74) is 0.352. The second-order valence-corrected chi connectivity index (χ2v) is 10.8. The topological polar surface area (TPSA) is 113 Å². The number of likely N-dealkylation sites (tertiary alicyclic amines) is 1. The van der Waals surface area contributed by atoms with Gasteiger partial charge >= 0.3 is 0 Å². The van der Waals surface area contributed by atoms with Crippen molar-refractivity contribution in [1.82, 2.24) is 10.4 Å². The minimum atomic E-state index is -3.83. The number of carbonyl (C=O) groups is 2. The van der Waals surface area contributed by atoms with Gasteiger partial charge in [-0.15, -0.1) is 5.92 Å².